The van der Waals surface area contributed by atoms with Gasteiger partial charge in [0.2, 0.25) is 5.75 Å². The second kappa shape index (κ2) is 5.14. The van der Waals surface area contributed by atoms with Gasteiger partial charge in [0.1, 0.15) is 0 Å². The van der Waals surface area contributed by atoms with E-state index < -0.39 is 17.9 Å². The summed E-state index contributed by atoms with van der Waals surface area (Å²) in [5.41, 5.74) is -0.979. The molecule has 0 spiro atoms. The van der Waals surface area contributed by atoms with Crippen molar-refractivity contribution in [3.8, 4) is 5.75 Å². The van der Waals surface area contributed by atoms with E-state index in [9.17, 15) is 9.59 Å². The maximum atomic E-state index is 11.8. The Morgan fingerprint density at radius 2 is 2.00 bits per heavy atom. The minimum Gasteiger partial charge on any atom is -0.425 e. The fourth-order valence-corrected chi connectivity index (χ4v) is 2.11. The number of rotatable bonds is 4. The lowest BCUT2D eigenvalue weighted by molar-refractivity contribution is 0.379. The summed E-state index contributed by atoms with van der Waals surface area (Å²) in [6, 6.07) is 0. The van der Waals surface area contributed by atoms with E-state index in [1.807, 2.05) is 0 Å². The molecule has 96 valence electrons. The highest BCUT2D eigenvalue weighted by atomic mass is 32.5. The quantitative estimate of drug-likeness (QED) is 0.753. The molecule has 7 nitrogen and oxygen atoms in total. The second-order valence-corrected chi connectivity index (χ2v) is 6.68. The van der Waals surface area contributed by atoms with Gasteiger partial charge in [-0.25, -0.2) is 9.88 Å². The summed E-state index contributed by atoms with van der Waals surface area (Å²) < 4.78 is 12.5. The highest BCUT2D eigenvalue weighted by Gasteiger charge is 2.19. The Hall–Kier alpha value is -0.950. The normalized spacial score (nSPS) is 14.4. The smallest absolute Gasteiger partial charge is 0.330 e. The Bertz CT molecular complexity index is 571. The monoisotopic (exact) mass is 279 g/mol. The Morgan fingerprint density at radius 1 is 1.41 bits per heavy atom. The van der Waals surface area contributed by atoms with Crippen LogP contribution >= 0.6 is 6.64 Å². The van der Waals surface area contributed by atoms with Gasteiger partial charge >= 0.3 is 12.3 Å². The average Bonchev–Trinajstić information content (AvgIpc) is 2.33. The molecule has 1 heterocycles. The van der Waals surface area contributed by atoms with Gasteiger partial charge in [0.15, 0.2) is 0 Å². The summed E-state index contributed by atoms with van der Waals surface area (Å²) in [6.07, 6.45) is 1.29. The standard InChI is InChI=1S/C8H14N3O4PS/c1-9-16(17,14-4)15-6-5-10(2)8(13)11(3)7(6)12/h5H,1-4H3,(H,9,17). The molecule has 0 aromatic carbocycles. The molecule has 0 aliphatic rings. The lowest BCUT2D eigenvalue weighted by atomic mass is 10.6. The highest BCUT2D eigenvalue weighted by molar-refractivity contribution is 8.09. The molecule has 0 aliphatic carbocycles. The van der Waals surface area contributed by atoms with Crippen molar-refractivity contribution in [1.82, 2.24) is 14.2 Å². The maximum Gasteiger partial charge on any atom is 0.330 e. The summed E-state index contributed by atoms with van der Waals surface area (Å²) >= 11 is 5.09. The van der Waals surface area contributed by atoms with E-state index in [1.54, 1.807) is 7.05 Å². The molecular formula is C8H14N3O4PS. The van der Waals surface area contributed by atoms with E-state index in [1.165, 1.54) is 32.0 Å². The number of hydrogen-bond acceptors (Lipinski definition) is 5. The number of nitrogens with one attached hydrogen (secondary N) is 1. The first-order chi connectivity index (χ1) is 7.84. The number of nitrogens with zero attached hydrogens (tertiary/aromatic N) is 2. The molecule has 0 fully saturated rings. The molecule has 0 bridgehead atoms. The third kappa shape index (κ3) is 2.84. The molecule has 9 heteroatoms. The molecule has 0 aliphatic heterocycles. The second-order valence-electron chi connectivity index (χ2n) is 3.25. The first-order valence-electron chi connectivity index (χ1n) is 4.65. The van der Waals surface area contributed by atoms with Gasteiger partial charge in [-0.2, -0.15) is 0 Å². The van der Waals surface area contributed by atoms with Crippen LogP contribution < -0.4 is 20.9 Å². The van der Waals surface area contributed by atoms with Gasteiger partial charge in [-0.05, 0) is 18.9 Å². The molecule has 1 rings (SSSR count). The molecule has 0 saturated heterocycles. The van der Waals surface area contributed by atoms with Gasteiger partial charge in [0, 0.05) is 21.2 Å². The van der Waals surface area contributed by atoms with Crippen molar-refractivity contribution >= 4 is 18.4 Å². The van der Waals surface area contributed by atoms with E-state index in [4.69, 9.17) is 20.9 Å². The molecule has 0 amide bonds. The third-order valence-corrected chi connectivity index (χ3v) is 4.83. The lowest BCUT2D eigenvalue weighted by Gasteiger charge is -2.19. The zero-order chi connectivity index (χ0) is 13.2. The number of hydrogen-bond donors (Lipinski definition) is 1. The summed E-state index contributed by atoms with van der Waals surface area (Å²) in [4.78, 5) is 23.2. The minimum absolute atomic E-state index is 0.0193. The summed E-state index contributed by atoms with van der Waals surface area (Å²) in [7, 11) is 5.86. The van der Waals surface area contributed by atoms with Crippen molar-refractivity contribution in [1.29, 1.82) is 0 Å². The average molecular weight is 279 g/mol. The van der Waals surface area contributed by atoms with Crippen LogP contribution in [0.3, 0.4) is 0 Å². The van der Waals surface area contributed by atoms with E-state index in [0.717, 1.165) is 4.57 Å². The van der Waals surface area contributed by atoms with Crippen LogP contribution in [0.5, 0.6) is 5.75 Å². The van der Waals surface area contributed by atoms with E-state index in [-0.39, 0.29) is 5.75 Å². The van der Waals surface area contributed by atoms with Crippen LogP contribution in [0.1, 0.15) is 0 Å². The first-order valence-corrected chi connectivity index (χ1v) is 7.29. The van der Waals surface area contributed by atoms with Crippen molar-refractivity contribution in [3.05, 3.63) is 27.0 Å². The van der Waals surface area contributed by atoms with E-state index >= 15 is 0 Å². The highest BCUT2D eigenvalue weighted by Crippen LogP contribution is 2.41. The fraction of sp³-hybridized carbons (Fsp3) is 0.500. The SMILES string of the molecule is CNP(=S)(OC)Oc1cn(C)c(=O)n(C)c1=O. The van der Waals surface area contributed by atoms with Crippen LogP contribution in [0.25, 0.3) is 0 Å². The fourth-order valence-electron chi connectivity index (χ4n) is 1.14. The van der Waals surface area contributed by atoms with Gasteiger partial charge in [-0.15, -0.1) is 0 Å². The van der Waals surface area contributed by atoms with Crippen molar-refractivity contribution < 1.29 is 9.05 Å². The lowest BCUT2D eigenvalue weighted by Crippen LogP contribution is -2.37. The van der Waals surface area contributed by atoms with Crippen LogP contribution in [0.15, 0.2) is 15.8 Å². The summed E-state index contributed by atoms with van der Waals surface area (Å²) in [6.45, 7) is -2.73. The molecular weight excluding hydrogens is 265 g/mol. The van der Waals surface area contributed by atoms with Crippen molar-refractivity contribution in [2.45, 2.75) is 0 Å². The largest absolute Gasteiger partial charge is 0.425 e. The Kier molecular flexibility index (Phi) is 4.26. The van der Waals surface area contributed by atoms with Crippen LogP contribution in [0.2, 0.25) is 0 Å². The van der Waals surface area contributed by atoms with Crippen molar-refractivity contribution in [2.75, 3.05) is 14.2 Å². The zero-order valence-electron chi connectivity index (χ0n) is 9.96. The maximum absolute atomic E-state index is 11.8. The zero-order valence-corrected chi connectivity index (χ0v) is 11.7. The Balaban J connectivity index is 3.31. The number of aryl methyl sites for hydroxylation is 1. The van der Waals surface area contributed by atoms with Gasteiger partial charge in [0.05, 0.1) is 6.20 Å². The van der Waals surface area contributed by atoms with E-state index in [2.05, 4.69) is 5.09 Å². The third-order valence-electron chi connectivity index (χ3n) is 2.15. The molecule has 0 saturated carbocycles. The van der Waals surface area contributed by atoms with Gasteiger partial charge < -0.3 is 9.05 Å². The first kappa shape index (κ1) is 14.1. The molecule has 1 aromatic heterocycles. The molecule has 1 atom stereocenters. The van der Waals surface area contributed by atoms with Gasteiger partial charge in [-0.1, -0.05) is 0 Å². The summed E-state index contributed by atoms with van der Waals surface area (Å²) in [5, 5.41) is 2.70. The van der Waals surface area contributed by atoms with Crippen molar-refractivity contribution in [2.24, 2.45) is 14.1 Å². The van der Waals surface area contributed by atoms with Crippen molar-refractivity contribution in [3.63, 3.8) is 0 Å². The molecule has 0 radical (unpaired) electrons. The van der Waals surface area contributed by atoms with Crippen LogP contribution in [0, 0.1) is 0 Å². The minimum atomic E-state index is -2.73. The molecule has 17 heavy (non-hydrogen) atoms. The van der Waals surface area contributed by atoms with Gasteiger partial charge in [-0.3, -0.25) is 13.9 Å². The van der Waals surface area contributed by atoms with Crippen LogP contribution in [-0.4, -0.2) is 23.3 Å². The molecule has 1 N–H and O–H groups in total. The Morgan fingerprint density at radius 3 is 2.47 bits per heavy atom. The van der Waals surface area contributed by atoms with Crippen LogP contribution in [0.4, 0.5) is 0 Å². The topological polar surface area (TPSA) is 74.5 Å². The summed E-state index contributed by atoms with van der Waals surface area (Å²) in [5.74, 6) is -0.0193. The van der Waals surface area contributed by atoms with Gasteiger partial charge in [0.25, 0.3) is 5.56 Å². The molecule has 1 aromatic rings. The predicted molar refractivity (Wildman–Crippen MR) is 67.9 cm³/mol. The number of aromatic nitrogens is 2. The Labute approximate surface area is 103 Å². The van der Waals surface area contributed by atoms with Crippen LogP contribution in [-0.2, 0) is 30.4 Å². The van der Waals surface area contributed by atoms with E-state index in [0.29, 0.717) is 0 Å². The molecule has 1 unspecified atom stereocenters. The predicted octanol–water partition coefficient (Wildman–Crippen LogP) is -0.447.